The molecule has 0 aromatic heterocycles. The Morgan fingerprint density at radius 2 is 1.79 bits per heavy atom. The first-order valence-corrected chi connectivity index (χ1v) is 11.3. The molecule has 5 nitrogen and oxygen atoms in total. The molecule has 4 rings (SSSR count). The molecule has 1 saturated carbocycles. The van der Waals surface area contributed by atoms with E-state index in [2.05, 4.69) is 5.32 Å². The van der Waals surface area contributed by atoms with Crippen LogP contribution in [-0.4, -0.2) is 35.7 Å². The second-order valence-corrected chi connectivity index (χ2v) is 8.67. The molecule has 2 aliphatic rings. The highest BCUT2D eigenvalue weighted by Crippen LogP contribution is 2.42. The second-order valence-electron chi connectivity index (χ2n) is 7.64. The maximum absolute atomic E-state index is 12.7. The third-order valence-corrected chi connectivity index (χ3v) is 6.64. The second kappa shape index (κ2) is 9.09. The molecular weight excluding hydrogens is 386 g/mol. The number of thioether (sulfide) groups is 1. The lowest BCUT2D eigenvalue weighted by atomic mass is 9.87. The van der Waals surface area contributed by atoms with E-state index in [0.717, 1.165) is 48.3 Å². The Morgan fingerprint density at radius 1 is 1.07 bits per heavy atom. The third kappa shape index (κ3) is 4.70. The molecule has 1 heterocycles. The molecule has 1 amide bonds. The minimum absolute atomic E-state index is 0.00653. The number of benzene rings is 2. The predicted octanol–water partition coefficient (Wildman–Crippen LogP) is 3.81. The van der Waals surface area contributed by atoms with Crippen molar-refractivity contribution in [2.45, 2.75) is 37.3 Å². The summed E-state index contributed by atoms with van der Waals surface area (Å²) >= 11 is 1.46. The van der Waals surface area contributed by atoms with Crippen LogP contribution in [-0.2, 0) is 10.3 Å². The largest absolute Gasteiger partial charge is 0.486 e. The van der Waals surface area contributed by atoms with Crippen LogP contribution in [0.2, 0.25) is 0 Å². The van der Waals surface area contributed by atoms with Crippen molar-refractivity contribution in [3.05, 3.63) is 59.7 Å². The summed E-state index contributed by atoms with van der Waals surface area (Å²) < 4.78 is 11.4. The summed E-state index contributed by atoms with van der Waals surface area (Å²) in [5.74, 6) is 2.36. The lowest BCUT2D eigenvalue weighted by molar-refractivity contribution is -0.120. The standard InChI is InChI=1S/C23H27NO4S/c25-19(17-6-2-1-3-7-17)15-29-16-22(26)24-23(10-4-5-11-23)18-8-9-20-21(14-18)28-13-12-27-20/h1-3,6-9,14,19,25H,4-5,10-13,15-16H2,(H,24,26). The van der Waals surface area contributed by atoms with Crippen LogP contribution in [0.5, 0.6) is 11.5 Å². The van der Waals surface area contributed by atoms with Gasteiger partial charge in [0.2, 0.25) is 5.91 Å². The van der Waals surface area contributed by atoms with Crippen molar-refractivity contribution in [2.24, 2.45) is 0 Å². The van der Waals surface area contributed by atoms with Gasteiger partial charge in [-0.3, -0.25) is 4.79 Å². The molecule has 0 spiro atoms. The summed E-state index contributed by atoms with van der Waals surface area (Å²) in [5.41, 5.74) is 1.62. The van der Waals surface area contributed by atoms with Crippen LogP contribution in [0.1, 0.15) is 42.9 Å². The zero-order valence-corrected chi connectivity index (χ0v) is 17.2. The number of fused-ring (bicyclic) bond motifs is 1. The Kier molecular flexibility index (Phi) is 6.31. The average Bonchev–Trinajstić information content (AvgIpc) is 3.23. The fraction of sp³-hybridized carbons (Fsp3) is 0.435. The highest BCUT2D eigenvalue weighted by atomic mass is 32.2. The van der Waals surface area contributed by atoms with E-state index in [1.54, 1.807) is 0 Å². The van der Waals surface area contributed by atoms with Crippen molar-refractivity contribution < 1.29 is 19.4 Å². The van der Waals surface area contributed by atoms with Crippen LogP contribution in [0.25, 0.3) is 0 Å². The van der Waals surface area contributed by atoms with Crippen molar-refractivity contribution in [3.63, 3.8) is 0 Å². The van der Waals surface area contributed by atoms with E-state index in [-0.39, 0.29) is 11.4 Å². The van der Waals surface area contributed by atoms with Gasteiger partial charge in [-0.25, -0.2) is 0 Å². The number of carbonyl (C=O) groups excluding carboxylic acids is 1. The zero-order chi connectivity index (χ0) is 20.1. The van der Waals surface area contributed by atoms with Crippen LogP contribution in [0, 0.1) is 0 Å². The molecule has 1 unspecified atom stereocenters. The van der Waals surface area contributed by atoms with Crippen LogP contribution >= 0.6 is 11.8 Å². The van der Waals surface area contributed by atoms with Gasteiger partial charge in [0.1, 0.15) is 13.2 Å². The van der Waals surface area contributed by atoms with Crippen molar-refractivity contribution in [2.75, 3.05) is 24.7 Å². The SMILES string of the molecule is O=C(CSCC(O)c1ccccc1)NC1(c2ccc3c(c2)OCCO3)CCCC1. The van der Waals surface area contributed by atoms with E-state index in [1.807, 2.05) is 48.5 Å². The summed E-state index contributed by atoms with van der Waals surface area (Å²) in [7, 11) is 0. The van der Waals surface area contributed by atoms with Gasteiger partial charge in [0, 0.05) is 5.75 Å². The molecule has 0 saturated heterocycles. The quantitative estimate of drug-likeness (QED) is 0.723. The van der Waals surface area contributed by atoms with Crippen LogP contribution in [0.4, 0.5) is 0 Å². The van der Waals surface area contributed by atoms with E-state index >= 15 is 0 Å². The normalized spacial score (nSPS) is 18.2. The summed E-state index contributed by atoms with van der Waals surface area (Å²) in [6, 6.07) is 15.6. The third-order valence-electron chi connectivity index (χ3n) is 5.62. The number of amides is 1. The van der Waals surface area contributed by atoms with Gasteiger partial charge in [0.05, 0.1) is 17.4 Å². The summed E-state index contributed by atoms with van der Waals surface area (Å²) in [4.78, 5) is 12.7. The first-order chi connectivity index (χ1) is 14.2. The number of carbonyl (C=O) groups is 1. The fourth-order valence-electron chi connectivity index (χ4n) is 4.14. The van der Waals surface area contributed by atoms with Gasteiger partial charge in [0.15, 0.2) is 11.5 Å². The first kappa shape index (κ1) is 20.1. The fourth-order valence-corrected chi connectivity index (χ4v) is 4.93. The summed E-state index contributed by atoms with van der Waals surface area (Å²) in [5, 5.41) is 13.6. The maximum atomic E-state index is 12.7. The Morgan fingerprint density at radius 3 is 2.55 bits per heavy atom. The van der Waals surface area contributed by atoms with Gasteiger partial charge in [-0.05, 0) is 36.1 Å². The molecule has 0 radical (unpaired) electrons. The highest BCUT2D eigenvalue weighted by molar-refractivity contribution is 7.99. The number of rotatable bonds is 7. The smallest absolute Gasteiger partial charge is 0.230 e. The molecule has 0 bridgehead atoms. The van der Waals surface area contributed by atoms with Crippen molar-refractivity contribution >= 4 is 17.7 Å². The van der Waals surface area contributed by atoms with E-state index in [9.17, 15) is 9.90 Å². The van der Waals surface area contributed by atoms with Gasteiger partial charge in [-0.2, -0.15) is 0 Å². The minimum Gasteiger partial charge on any atom is -0.486 e. The number of aliphatic hydroxyl groups excluding tert-OH is 1. The molecule has 2 aromatic rings. The van der Waals surface area contributed by atoms with Crippen LogP contribution in [0.3, 0.4) is 0 Å². The van der Waals surface area contributed by atoms with Gasteiger partial charge >= 0.3 is 0 Å². The molecule has 154 valence electrons. The van der Waals surface area contributed by atoms with Crippen molar-refractivity contribution in [1.29, 1.82) is 0 Å². The Hall–Kier alpha value is -2.18. The molecule has 2 N–H and O–H groups in total. The number of hydrogen-bond donors (Lipinski definition) is 2. The average molecular weight is 414 g/mol. The van der Waals surface area contributed by atoms with Crippen LogP contribution < -0.4 is 14.8 Å². The summed E-state index contributed by atoms with van der Waals surface area (Å²) in [6.45, 7) is 1.12. The predicted molar refractivity (Wildman–Crippen MR) is 114 cm³/mol. The number of aliphatic hydroxyl groups is 1. The monoisotopic (exact) mass is 413 g/mol. The van der Waals surface area contributed by atoms with Gasteiger partial charge < -0.3 is 19.9 Å². The molecule has 29 heavy (non-hydrogen) atoms. The zero-order valence-electron chi connectivity index (χ0n) is 16.4. The lowest BCUT2D eigenvalue weighted by Crippen LogP contribution is -2.44. The molecule has 1 atom stereocenters. The molecule has 1 aliphatic carbocycles. The molecule has 2 aromatic carbocycles. The van der Waals surface area contributed by atoms with Gasteiger partial charge in [0.25, 0.3) is 0 Å². The molecular formula is C23H27NO4S. The van der Waals surface area contributed by atoms with E-state index in [4.69, 9.17) is 9.47 Å². The van der Waals surface area contributed by atoms with Gasteiger partial charge in [-0.15, -0.1) is 11.8 Å². The minimum atomic E-state index is -0.563. The summed E-state index contributed by atoms with van der Waals surface area (Å²) in [6.07, 6.45) is 3.47. The maximum Gasteiger partial charge on any atom is 0.230 e. The van der Waals surface area contributed by atoms with E-state index in [1.165, 1.54) is 11.8 Å². The van der Waals surface area contributed by atoms with Crippen molar-refractivity contribution in [3.8, 4) is 11.5 Å². The number of ether oxygens (including phenoxy) is 2. The molecule has 6 heteroatoms. The Bertz CT molecular complexity index is 836. The van der Waals surface area contributed by atoms with Gasteiger partial charge in [-0.1, -0.05) is 49.2 Å². The molecule has 1 aliphatic heterocycles. The highest BCUT2D eigenvalue weighted by Gasteiger charge is 2.37. The lowest BCUT2D eigenvalue weighted by Gasteiger charge is -2.32. The van der Waals surface area contributed by atoms with E-state index < -0.39 is 6.10 Å². The van der Waals surface area contributed by atoms with Crippen LogP contribution in [0.15, 0.2) is 48.5 Å². The topological polar surface area (TPSA) is 67.8 Å². The van der Waals surface area contributed by atoms with Crippen molar-refractivity contribution in [1.82, 2.24) is 5.32 Å². The Balaban J connectivity index is 1.37. The van der Waals surface area contributed by atoms with E-state index in [0.29, 0.717) is 24.7 Å². The number of nitrogens with one attached hydrogen (secondary N) is 1. The number of hydrogen-bond acceptors (Lipinski definition) is 5. The Labute approximate surface area is 175 Å². The molecule has 1 fully saturated rings. The first-order valence-electron chi connectivity index (χ1n) is 10.2.